The van der Waals surface area contributed by atoms with Crippen molar-refractivity contribution < 1.29 is 24.3 Å². The van der Waals surface area contributed by atoms with Gasteiger partial charge in [-0.2, -0.15) is 0 Å². The largest absolute Gasteiger partial charge is 0.387 e. The van der Waals surface area contributed by atoms with Crippen molar-refractivity contribution in [1.82, 2.24) is 5.32 Å². The number of rotatable bonds is 15. The number of benzene rings is 3. The molecule has 0 saturated heterocycles. The molecule has 7 heteroatoms. The number of quaternary nitrogens is 1. The number of nitrogens with zero attached hydrogens (tertiary/aromatic N) is 1. The molecule has 0 heterocycles. The summed E-state index contributed by atoms with van der Waals surface area (Å²) < 4.78 is 0.0498. The van der Waals surface area contributed by atoms with E-state index < -0.39 is 24.2 Å². The molecule has 7 nitrogen and oxygen atoms in total. The van der Waals surface area contributed by atoms with E-state index in [0.29, 0.717) is 25.1 Å². The van der Waals surface area contributed by atoms with Crippen LogP contribution in [0.15, 0.2) is 84.9 Å². The van der Waals surface area contributed by atoms with Gasteiger partial charge in [0.15, 0.2) is 0 Å². The van der Waals surface area contributed by atoms with Gasteiger partial charge in [-0.3, -0.25) is 9.28 Å². The highest BCUT2D eigenvalue weighted by molar-refractivity contribution is 5.97. The second-order valence-electron chi connectivity index (χ2n) is 10.1. The Balaban J connectivity index is 1.96. The molecule has 39 heavy (non-hydrogen) atoms. The lowest BCUT2D eigenvalue weighted by molar-refractivity contribution is -0.878. The second kappa shape index (κ2) is 14.7. The first-order valence-corrected chi connectivity index (χ1v) is 13.8. The van der Waals surface area contributed by atoms with E-state index >= 15 is 0 Å². The fraction of sp³-hybridized carbons (Fsp3) is 0.375. The van der Waals surface area contributed by atoms with E-state index in [9.17, 15) is 19.8 Å². The van der Waals surface area contributed by atoms with Gasteiger partial charge in [0.1, 0.15) is 12.1 Å². The molecule has 3 aromatic carbocycles. The van der Waals surface area contributed by atoms with Crippen LogP contribution in [0.1, 0.15) is 64.6 Å². The Bertz CT molecular complexity index is 1180. The van der Waals surface area contributed by atoms with Crippen LogP contribution in [0.4, 0.5) is 0 Å². The van der Waals surface area contributed by atoms with Crippen molar-refractivity contribution in [3.05, 3.63) is 107 Å². The van der Waals surface area contributed by atoms with Crippen LogP contribution >= 0.6 is 0 Å². The summed E-state index contributed by atoms with van der Waals surface area (Å²) in [5.41, 5.74) is 8.03. The van der Waals surface area contributed by atoms with Gasteiger partial charge in [0.2, 0.25) is 5.91 Å². The molecule has 0 aliphatic heterocycles. The number of nitrogens with two attached hydrogens (primary N) is 1. The molecule has 0 aromatic heterocycles. The number of hydrogen-bond acceptors (Lipinski definition) is 5. The van der Waals surface area contributed by atoms with Gasteiger partial charge in [-0.15, -0.1) is 0 Å². The average molecular weight is 533 g/mol. The molecule has 0 radical (unpaired) electrons. The number of aliphatic hydroxyl groups is 2. The maximum atomic E-state index is 14.4. The zero-order chi connectivity index (χ0) is 28.3. The molecule has 0 bridgehead atoms. The topological polar surface area (TPSA) is 113 Å². The molecular weight excluding hydrogens is 490 g/mol. The third-order valence-corrected chi connectivity index (χ3v) is 7.29. The van der Waals surface area contributed by atoms with Gasteiger partial charge in [-0.25, -0.2) is 4.79 Å². The number of hydrogen-bond donors (Lipinski definition) is 4. The van der Waals surface area contributed by atoms with Crippen molar-refractivity contribution in [3.63, 3.8) is 0 Å². The molecule has 5 N–H and O–H groups in total. The number of nitrogens with one attached hydrogen (secondary N) is 1. The van der Waals surface area contributed by atoms with Gasteiger partial charge >= 0.3 is 5.91 Å². The van der Waals surface area contributed by atoms with Crippen LogP contribution < -0.4 is 11.1 Å². The number of carbonyl (C=O) groups is 2. The van der Waals surface area contributed by atoms with E-state index in [4.69, 9.17) is 5.73 Å². The van der Waals surface area contributed by atoms with Crippen LogP contribution in [0.3, 0.4) is 0 Å². The standard InChI is InChI=1S/C32H41N3O4/c1-3-18-35(19-4-2,32(39)27-17-11-16-26(21-27)31(33)38)28(20-24-12-7-5-8-13-24)30(37)23-34-22-29(36)25-14-9-6-10-15-25/h5-17,21,28-30,34,36-37H,3-4,18-20,22-23H2,1-2H3,(H-,33,38)/p+1/t28-,29?,30+/m0/s1. The minimum Gasteiger partial charge on any atom is -0.387 e. The maximum Gasteiger partial charge on any atom is 0.346 e. The quantitative estimate of drug-likeness (QED) is 0.222. The van der Waals surface area contributed by atoms with Crippen LogP contribution in [0, 0.1) is 0 Å². The Morgan fingerprint density at radius 1 is 0.821 bits per heavy atom. The first-order chi connectivity index (χ1) is 18.8. The Labute approximate surface area is 231 Å². The summed E-state index contributed by atoms with van der Waals surface area (Å²) >= 11 is 0. The summed E-state index contributed by atoms with van der Waals surface area (Å²) in [4.78, 5) is 26.2. The molecule has 0 fully saturated rings. The predicted octanol–water partition coefficient (Wildman–Crippen LogP) is 3.86. The monoisotopic (exact) mass is 532 g/mol. The van der Waals surface area contributed by atoms with E-state index in [1.807, 2.05) is 74.5 Å². The lowest BCUT2D eigenvalue weighted by Gasteiger charge is -2.44. The molecule has 3 atom stereocenters. The van der Waals surface area contributed by atoms with Crippen molar-refractivity contribution in [1.29, 1.82) is 0 Å². The maximum absolute atomic E-state index is 14.4. The van der Waals surface area contributed by atoms with Crippen molar-refractivity contribution in [2.24, 2.45) is 5.73 Å². The van der Waals surface area contributed by atoms with Gasteiger partial charge in [0.25, 0.3) is 0 Å². The summed E-state index contributed by atoms with van der Waals surface area (Å²) in [6.45, 7) is 5.63. The van der Waals surface area contributed by atoms with E-state index in [1.165, 1.54) is 0 Å². The Kier molecular flexibility index (Phi) is 11.4. The molecular formula is C32H42N3O4+. The summed E-state index contributed by atoms with van der Waals surface area (Å²) in [7, 11) is 0. The van der Waals surface area contributed by atoms with Gasteiger partial charge in [-0.1, -0.05) is 80.6 Å². The van der Waals surface area contributed by atoms with E-state index in [-0.39, 0.29) is 29.0 Å². The van der Waals surface area contributed by atoms with Gasteiger partial charge in [-0.05, 0) is 42.2 Å². The predicted molar refractivity (Wildman–Crippen MR) is 154 cm³/mol. The van der Waals surface area contributed by atoms with Gasteiger partial charge < -0.3 is 21.3 Å². The van der Waals surface area contributed by atoms with Crippen LogP contribution in [0.5, 0.6) is 0 Å². The Hall–Kier alpha value is -3.36. The fourth-order valence-corrected chi connectivity index (χ4v) is 5.45. The van der Waals surface area contributed by atoms with Crippen molar-refractivity contribution in [2.45, 2.75) is 51.4 Å². The SMILES string of the molecule is CCC[N+](CCC)(C(=O)c1cccc(C(N)=O)c1)[C@@H](Cc1ccccc1)[C@H](O)CNCC(O)c1ccccc1. The molecule has 3 aromatic rings. The lowest BCUT2D eigenvalue weighted by atomic mass is 9.94. The highest BCUT2D eigenvalue weighted by atomic mass is 16.3. The van der Waals surface area contributed by atoms with E-state index in [2.05, 4.69) is 5.32 Å². The van der Waals surface area contributed by atoms with Gasteiger partial charge in [0, 0.05) is 25.1 Å². The highest BCUT2D eigenvalue weighted by Gasteiger charge is 2.47. The molecule has 0 saturated carbocycles. The summed E-state index contributed by atoms with van der Waals surface area (Å²) in [6, 6.07) is 25.4. The van der Waals surface area contributed by atoms with Crippen LogP contribution in [-0.4, -0.2) is 64.8 Å². The molecule has 208 valence electrons. The number of amides is 2. The number of carbonyl (C=O) groups excluding carboxylic acids is 2. The zero-order valence-corrected chi connectivity index (χ0v) is 23.0. The van der Waals surface area contributed by atoms with Crippen LogP contribution in [-0.2, 0) is 6.42 Å². The first-order valence-electron chi connectivity index (χ1n) is 13.8. The normalized spacial score (nSPS) is 13.9. The summed E-state index contributed by atoms with van der Waals surface area (Å²) in [5, 5.41) is 25.5. The van der Waals surface area contributed by atoms with Gasteiger partial charge in [0.05, 0.1) is 24.8 Å². The van der Waals surface area contributed by atoms with E-state index in [1.54, 1.807) is 24.3 Å². The molecule has 0 spiro atoms. The second-order valence-corrected chi connectivity index (χ2v) is 10.1. The third kappa shape index (κ3) is 7.83. The van der Waals surface area contributed by atoms with Crippen LogP contribution in [0.2, 0.25) is 0 Å². The van der Waals surface area contributed by atoms with Crippen molar-refractivity contribution >= 4 is 11.8 Å². The smallest absolute Gasteiger partial charge is 0.346 e. The molecule has 0 aliphatic carbocycles. The molecule has 1 unspecified atom stereocenters. The summed E-state index contributed by atoms with van der Waals surface area (Å²) in [5.74, 6) is -0.720. The molecule has 3 rings (SSSR count). The summed E-state index contributed by atoms with van der Waals surface area (Å²) in [6.07, 6.45) is 0.370. The Morgan fingerprint density at radius 3 is 2.00 bits per heavy atom. The van der Waals surface area contributed by atoms with Crippen LogP contribution in [0.25, 0.3) is 0 Å². The lowest BCUT2D eigenvalue weighted by Crippen LogP contribution is -2.65. The molecule has 0 aliphatic rings. The minimum atomic E-state index is -0.880. The highest BCUT2D eigenvalue weighted by Crippen LogP contribution is 2.27. The number of aliphatic hydroxyl groups excluding tert-OH is 2. The average Bonchev–Trinajstić information content (AvgIpc) is 2.96. The Morgan fingerprint density at radius 2 is 1.41 bits per heavy atom. The third-order valence-electron chi connectivity index (χ3n) is 7.29. The van der Waals surface area contributed by atoms with Crippen molar-refractivity contribution in [3.8, 4) is 0 Å². The first kappa shape index (κ1) is 30.2. The number of primary amides is 1. The van der Waals surface area contributed by atoms with E-state index in [0.717, 1.165) is 24.0 Å². The van der Waals surface area contributed by atoms with Crippen molar-refractivity contribution in [2.75, 3.05) is 26.2 Å². The zero-order valence-electron chi connectivity index (χ0n) is 23.0. The molecule has 2 amide bonds. The fourth-order valence-electron chi connectivity index (χ4n) is 5.45. The minimum absolute atomic E-state index is 0.0498.